The minimum absolute atomic E-state index is 0.000741. The van der Waals surface area contributed by atoms with E-state index < -0.39 is 0 Å². The fourth-order valence-electron chi connectivity index (χ4n) is 3.96. The lowest BCUT2D eigenvalue weighted by atomic mass is 9.96. The number of carbonyl (C=O) groups excluding carboxylic acids is 1. The Kier molecular flexibility index (Phi) is 4.35. The van der Waals surface area contributed by atoms with E-state index in [1.54, 1.807) is 0 Å². The molecule has 4 rings (SSSR count). The van der Waals surface area contributed by atoms with Gasteiger partial charge in [-0.05, 0) is 30.0 Å². The molecule has 2 aromatic rings. The molecule has 0 saturated heterocycles. The van der Waals surface area contributed by atoms with Gasteiger partial charge in [-0.3, -0.25) is 4.79 Å². The number of hydrogen-bond donors (Lipinski definition) is 1. The van der Waals surface area contributed by atoms with Crippen LogP contribution in [0.2, 0.25) is 0 Å². The number of ether oxygens (including phenoxy) is 2. The Bertz CT molecular complexity index is 838. The van der Waals surface area contributed by atoms with E-state index in [1.807, 2.05) is 19.1 Å². The van der Waals surface area contributed by atoms with Gasteiger partial charge in [-0.1, -0.05) is 32.0 Å². The maximum Gasteiger partial charge on any atom is 0.228 e. The first-order chi connectivity index (χ1) is 12.5. The number of benzene rings is 2. The van der Waals surface area contributed by atoms with Crippen molar-refractivity contribution in [3.05, 3.63) is 52.1 Å². The van der Waals surface area contributed by atoms with Crippen molar-refractivity contribution in [2.75, 3.05) is 18.5 Å². The highest BCUT2D eigenvalue weighted by Crippen LogP contribution is 2.41. The summed E-state index contributed by atoms with van der Waals surface area (Å²) in [4.78, 5) is 12.9. The van der Waals surface area contributed by atoms with Gasteiger partial charge in [-0.2, -0.15) is 0 Å². The van der Waals surface area contributed by atoms with Crippen LogP contribution in [-0.4, -0.2) is 19.1 Å². The molecule has 2 aromatic carbocycles. The highest BCUT2D eigenvalue weighted by atomic mass is 16.5. The van der Waals surface area contributed by atoms with Crippen LogP contribution in [0.15, 0.2) is 24.3 Å². The lowest BCUT2D eigenvalue weighted by Gasteiger charge is -2.17. The zero-order chi connectivity index (χ0) is 18.3. The summed E-state index contributed by atoms with van der Waals surface area (Å²) in [6.45, 7) is 7.69. The van der Waals surface area contributed by atoms with Crippen LogP contribution in [0.5, 0.6) is 11.5 Å². The van der Waals surface area contributed by atoms with E-state index in [-0.39, 0.29) is 5.91 Å². The van der Waals surface area contributed by atoms with Crippen molar-refractivity contribution in [3.63, 3.8) is 0 Å². The van der Waals surface area contributed by atoms with E-state index in [9.17, 15) is 4.79 Å². The van der Waals surface area contributed by atoms with Gasteiger partial charge in [-0.25, -0.2) is 0 Å². The van der Waals surface area contributed by atoms with Crippen LogP contribution < -0.4 is 14.8 Å². The van der Waals surface area contributed by atoms with Gasteiger partial charge in [0.15, 0.2) is 0 Å². The number of rotatable bonds is 4. The van der Waals surface area contributed by atoms with Gasteiger partial charge in [-0.15, -0.1) is 0 Å². The molecule has 136 valence electrons. The summed E-state index contributed by atoms with van der Waals surface area (Å²) >= 11 is 0. The van der Waals surface area contributed by atoms with Crippen LogP contribution in [0, 0.1) is 6.92 Å². The fourth-order valence-corrected chi connectivity index (χ4v) is 3.96. The third-order valence-electron chi connectivity index (χ3n) is 5.29. The van der Waals surface area contributed by atoms with Crippen molar-refractivity contribution in [3.8, 4) is 11.5 Å². The van der Waals surface area contributed by atoms with E-state index in [2.05, 4.69) is 31.3 Å². The van der Waals surface area contributed by atoms with Crippen LogP contribution in [0.1, 0.15) is 47.6 Å². The van der Waals surface area contributed by atoms with Crippen LogP contribution in [-0.2, 0) is 24.1 Å². The van der Waals surface area contributed by atoms with E-state index in [1.165, 1.54) is 5.56 Å². The molecule has 0 spiro atoms. The minimum atomic E-state index is -0.000741. The molecule has 4 nitrogen and oxygen atoms in total. The number of fused-ring (bicyclic) bond motifs is 2. The molecule has 0 saturated carbocycles. The Morgan fingerprint density at radius 2 is 2.00 bits per heavy atom. The molecule has 2 aliphatic rings. The molecule has 0 bridgehead atoms. The number of aryl methyl sites for hydroxylation is 1. The topological polar surface area (TPSA) is 47.6 Å². The molecule has 2 heterocycles. The predicted octanol–water partition coefficient (Wildman–Crippen LogP) is 4.17. The first-order valence-electron chi connectivity index (χ1n) is 9.37. The molecule has 0 radical (unpaired) electrons. The Hall–Kier alpha value is -2.49. The SMILES string of the molecule is Cc1cccc(C(C)C)c1NC(=O)Cc1c2c(cc3c1OCC3)OCC2. The van der Waals surface area contributed by atoms with Crippen LogP contribution in [0.25, 0.3) is 0 Å². The predicted molar refractivity (Wildman–Crippen MR) is 102 cm³/mol. The summed E-state index contributed by atoms with van der Waals surface area (Å²) in [5, 5.41) is 3.16. The van der Waals surface area contributed by atoms with Crippen LogP contribution in [0.3, 0.4) is 0 Å². The van der Waals surface area contributed by atoms with Gasteiger partial charge in [0.05, 0.1) is 19.6 Å². The quantitative estimate of drug-likeness (QED) is 0.899. The average Bonchev–Trinajstić information content (AvgIpc) is 3.25. The summed E-state index contributed by atoms with van der Waals surface area (Å²) in [6, 6.07) is 8.26. The highest BCUT2D eigenvalue weighted by molar-refractivity contribution is 5.94. The smallest absolute Gasteiger partial charge is 0.228 e. The van der Waals surface area contributed by atoms with Gasteiger partial charge < -0.3 is 14.8 Å². The van der Waals surface area contributed by atoms with Gasteiger partial charge in [0.2, 0.25) is 5.91 Å². The van der Waals surface area contributed by atoms with Crippen LogP contribution in [0.4, 0.5) is 5.69 Å². The second-order valence-electron chi connectivity index (χ2n) is 7.44. The maximum absolute atomic E-state index is 12.9. The Morgan fingerprint density at radius 1 is 1.19 bits per heavy atom. The van der Waals surface area contributed by atoms with E-state index in [0.717, 1.165) is 52.3 Å². The zero-order valence-corrected chi connectivity index (χ0v) is 15.6. The second kappa shape index (κ2) is 6.67. The molecule has 0 aliphatic carbocycles. The van der Waals surface area contributed by atoms with Crippen molar-refractivity contribution in [2.45, 2.75) is 46.0 Å². The molecule has 1 amide bonds. The number of nitrogens with one attached hydrogen (secondary N) is 1. The monoisotopic (exact) mass is 351 g/mol. The molecule has 26 heavy (non-hydrogen) atoms. The first kappa shape index (κ1) is 17.0. The van der Waals surface area contributed by atoms with Crippen molar-refractivity contribution >= 4 is 11.6 Å². The highest BCUT2D eigenvalue weighted by Gasteiger charge is 2.27. The minimum Gasteiger partial charge on any atom is -0.493 e. The molecule has 0 aromatic heterocycles. The number of para-hydroxylation sites is 1. The maximum atomic E-state index is 12.9. The fraction of sp³-hybridized carbons (Fsp3) is 0.409. The van der Waals surface area contributed by atoms with Gasteiger partial charge in [0.25, 0.3) is 0 Å². The largest absolute Gasteiger partial charge is 0.493 e. The Morgan fingerprint density at radius 3 is 2.81 bits per heavy atom. The standard InChI is InChI=1S/C22H25NO3/c1-13(2)16-6-4-5-14(3)21(16)23-20(24)12-18-17-8-10-25-19(17)11-15-7-9-26-22(15)18/h4-6,11,13H,7-10,12H2,1-3H3,(H,23,24). The van der Waals surface area contributed by atoms with Gasteiger partial charge >= 0.3 is 0 Å². The lowest BCUT2D eigenvalue weighted by Crippen LogP contribution is -2.18. The lowest BCUT2D eigenvalue weighted by molar-refractivity contribution is -0.115. The van der Waals surface area contributed by atoms with Crippen molar-refractivity contribution in [1.82, 2.24) is 0 Å². The summed E-state index contributed by atoms with van der Waals surface area (Å²) in [5.74, 6) is 2.18. The molecule has 4 heteroatoms. The molecule has 2 aliphatic heterocycles. The number of anilines is 1. The number of carbonyl (C=O) groups is 1. The van der Waals surface area contributed by atoms with E-state index >= 15 is 0 Å². The Balaban J connectivity index is 1.63. The molecule has 0 fully saturated rings. The summed E-state index contributed by atoms with van der Waals surface area (Å²) < 4.78 is 11.6. The molecular weight excluding hydrogens is 326 g/mol. The van der Waals surface area contributed by atoms with E-state index in [0.29, 0.717) is 25.6 Å². The third-order valence-corrected chi connectivity index (χ3v) is 5.29. The second-order valence-corrected chi connectivity index (χ2v) is 7.44. The van der Waals surface area contributed by atoms with Crippen molar-refractivity contribution < 1.29 is 14.3 Å². The molecular formula is C22H25NO3. The first-order valence-corrected chi connectivity index (χ1v) is 9.37. The van der Waals surface area contributed by atoms with E-state index in [4.69, 9.17) is 9.47 Å². The zero-order valence-electron chi connectivity index (χ0n) is 15.6. The van der Waals surface area contributed by atoms with Gasteiger partial charge in [0.1, 0.15) is 11.5 Å². The molecule has 1 N–H and O–H groups in total. The van der Waals surface area contributed by atoms with Crippen molar-refractivity contribution in [1.29, 1.82) is 0 Å². The van der Waals surface area contributed by atoms with Crippen LogP contribution >= 0.6 is 0 Å². The average molecular weight is 351 g/mol. The van der Waals surface area contributed by atoms with Crippen molar-refractivity contribution in [2.24, 2.45) is 0 Å². The number of hydrogen-bond acceptors (Lipinski definition) is 3. The summed E-state index contributed by atoms with van der Waals surface area (Å²) in [7, 11) is 0. The summed E-state index contributed by atoms with van der Waals surface area (Å²) in [5.41, 5.74) is 6.49. The number of amides is 1. The van der Waals surface area contributed by atoms with Gasteiger partial charge in [0, 0.05) is 35.2 Å². The normalized spacial score (nSPS) is 14.6. The third kappa shape index (κ3) is 2.94. The Labute approximate surface area is 154 Å². The molecule has 0 atom stereocenters. The molecule has 0 unspecified atom stereocenters. The summed E-state index contributed by atoms with van der Waals surface area (Å²) in [6.07, 6.45) is 2.05.